The SMILES string of the molecule is [2H]C([2H])(C)[C@H]1C(=O)[C@@H]2[C@H](CC[C@]3(C)[C@@H]([C@H](C)CCC(=O)O)CC[C@@H]23)[C@@]2(C)CC[C@@H](O)C[C@@H]12. The predicted molar refractivity (Wildman–Crippen MR) is 117 cm³/mol. The van der Waals surface area contributed by atoms with E-state index in [9.17, 15) is 14.7 Å². The summed E-state index contributed by atoms with van der Waals surface area (Å²) in [7, 11) is 0. The average molecular weight is 421 g/mol. The number of rotatable bonds is 5. The van der Waals surface area contributed by atoms with Crippen molar-refractivity contribution in [1.82, 2.24) is 0 Å². The summed E-state index contributed by atoms with van der Waals surface area (Å²) < 4.78 is 17.2. The van der Waals surface area contributed by atoms with Crippen LogP contribution in [0.2, 0.25) is 0 Å². The molecule has 4 rings (SSSR count). The molecule has 0 aliphatic heterocycles. The highest BCUT2D eigenvalue weighted by atomic mass is 16.4. The first kappa shape index (κ1) is 19.8. The summed E-state index contributed by atoms with van der Waals surface area (Å²) in [6.07, 6.45) is 5.13. The molecule has 4 heteroatoms. The molecule has 0 aromatic heterocycles. The quantitative estimate of drug-likeness (QED) is 0.631. The molecule has 0 bridgehead atoms. The van der Waals surface area contributed by atoms with Crippen molar-refractivity contribution in [2.24, 2.45) is 52.3 Å². The smallest absolute Gasteiger partial charge is 0.303 e. The van der Waals surface area contributed by atoms with Crippen LogP contribution in [0.1, 0.15) is 94.6 Å². The second-order valence-corrected chi connectivity index (χ2v) is 11.6. The molecule has 4 saturated carbocycles. The number of ketones is 1. The van der Waals surface area contributed by atoms with E-state index in [0.29, 0.717) is 24.7 Å². The molecule has 0 aromatic rings. The van der Waals surface area contributed by atoms with Crippen LogP contribution in [0.5, 0.6) is 0 Å². The fourth-order valence-corrected chi connectivity index (χ4v) is 8.87. The summed E-state index contributed by atoms with van der Waals surface area (Å²) in [6, 6.07) is 0. The maximum Gasteiger partial charge on any atom is 0.303 e. The number of Topliss-reactive ketones (excluding diaryl/α,β-unsaturated/α-hetero) is 1. The van der Waals surface area contributed by atoms with Gasteiger partial charge < -0.3 is 10.2 Å². The van der Waals surface area contributed by atoms with Crippen LogP contribution in [0.4, 0.5) is 0 Å². The monoisotopic (exact) mass is 420 g/mol. The number of hydrogen-bond acceptors (Lipinski definition) is 3. The van der Waals surface area contributed by atoms with Crippen molar-refractivity contribution in [1.29, 1.82) is 0 Å². The van der Waals surface area contributed by atoms with Gasteiger partial charge in [0.15, 0.2) is 0 Å². The number of carbonyl (C=O) groups is 2. The first-order valence-electron chi connectivity index (χ1n) is 13.2. The lowest BCUT2D eigenvalue weighted by atomic mass is 9.42. The molecule has 4 nitrogen and oxygen atoms in total. The number of fused-ring (bicyclic) bond motifs is 5. The Morgan fingerprint density at radius 1 is 1.13 bits per heavy atom. The van der Waals surface area contributed by atoms with Gasteiger partial charge in [0.1, 0.15) is 5.78 Å². The highest BCUT2D eigenvalue weighted by Gasteiger charge is 2.65. The van der Waals surface area contributed by atoms with Crippen LogP contribution < -0.4 is 0 Å². The Balaban J connectivity index is 1.68. The number of aliphatic hydroxyl groups excluding tert-OH is 1. The van der Waals surface area contributed by atoms with E-state index in [-0.39, 0.29) is 46.7 Å². The van der Waals surface area contributed by atoms with Gasteiger partial charge in [-0.1, -0.05) is 27.7 Å². The van der Waals surface area contributed by atoms with Crippen LogP contribution in [0.3, 0.4) is 0 Å². The van der Waals surface area contributed by atoms with Gasteiger partial charge in [-0.25, -0.2) is 0 Å². The molecule has 0 unspecified atom stereocenters. The van der Waals surface area contributed by atoms with Gasteiger partial charge in [-0.3, -0.25) is 9.59 Å². The van der Waals surface area contributed by atoms with Crippen LogP contribution in [0, 0.1) is 52.3 Å². The molecule has 0 heterocycles. The van der Waals surface area contributed by atoms with Crippen LogP contribution in [-0.4, -0.2) is 28.1 Å². The molecule has 0 radical (unpaired) electrons. The Bertz CT molecular complexity index is 763. The van der Waals surface area contributed by atoms with E-state index < -0.39 is 24.4 Å². The number of carboxylic acid groups (broad SMARTS) is 1. The number of aliphatic carboxylic acids is 1. The minimum atomic E-state index is -1.59. The zero-order valence-corrected chi connectivity index (χ0v) is 19.2. The Hall–Kier alpha value is -0.900. The van der Waals surface area contributed by atoms with Gasteiger partial charge in [-0.05, 0) is 98.2 Å². The summed E-state index contributed by atoms with van der Waals surface area (Å²) >= 11 is 0. The number of carboxylic acids is 1. The molecule has 0 aromatic carbocycles. The fraction of sp³-hybridized carbons (Fsp3) is 0.923. The molecular formula is C26H42O4. The van der Waals surface area contributed by atoms with E-state index in [1.807, 2.05) is 0 Å². The van der Waals surface area contributed by atoms with Crippen molar-refractivity contribution < 1.29 is 22.5 Å². The van der Waals surface area contributed by atoms with E-state index >= 15 is 0 Å². The maximum absolute atomic E-state index is 14.1. The van der Waals surface area contributed by atoms with E-state index in [1.165, 1.54) is 0 Å². The fourth-order valence-electron chi connectivity index (χ4n) is 8.87. The summed E-state index contributed by atoms with van der Waals surface area (Å²) in [5.41, 5.74) is -0.0721. The largest absolute Gasteiger partial charge is 0.481 e. The van der Waals surface area contributed by atoms with Crippen molar-refractivity contribution in [2.75, 3.05) is 0 Å². The lowest BCUT2D eigenvalue weighted by molar-refractivity contribution is -0.173. The van der Waals surface area contributed by atoms with Gasteiger partial charge in [0, 0.05) is 21.0 Å². The molecule has 170 valence electrons. The molecule has 0 saturated heterocycles. The maximum atomic E-state index is 14.1. The minimum absolute atomic E-state index is 0.0249. The molecule has 30 heavy (non-hydrogen) atoms. The topological polar surface area (TPSA) is 74.6 Å². The normalized spacial score (nSPS) is 50.6. The number of hydrogen-bond donors (Lipinski definition) is 2. The van der Waals surface area contributed by atoms with E-state index in [1.54, 1.807) is 6.92 Å². The summed E-state index contributed by atoms with van der Waals surface area (Å²) in [5.74, 6) is -0.164. The highest BCUT2D eigenvalue weighted by Crippen LogP contribution is 2.68. The van der Waals surface area contributed by atoms with Gasteiger partial charge in [-0.2, -0.15) is 0 Å². The summed E-state index contributed by atoms with van der Waals surface area (Å²) in [6.45, 7) is 8.37. The average Bonchev–Trinajstić information content (AvgIpc) is 3.03. The molecule has 0 spiro atoms. The molecule has 10 atom stereocenters. The number of aliphatic hydroxyl groups is 1. The van der Waals surface area contributed by atoms with E-state index in [4.69, 9.17) is 7.85 Å². The van der Waals surface area contributed by atoms with Crippen molar-refractivity contribution in [2.45, 2.75) is 98.0 Å². The Morgan fingerprint density at radius 3 is 2.47 bits per heavy atom. The first-order valence-corrected chi connectivity index (χ1v) is 12.2. The van der Waals surface area contributed by atoms with Gasteiger partial charge in [0.05, 0.1) is 6.10 Å². The van der Waals surface area contributed by atoms with Gasteiger partial charge >= 0.3 is 5.97 Å². The zero-order chi connectivity index (χ0) is 23.6. The molecule has 2 N–H and O–H groups in total. The lowest BCUT2D eigenvalue weighted by Gasteiger charge is -2.62. The van der Waals surface area contributed by atoms with E-state index in [0.717, 1.165) is 38.5 Å². The van der Waals surface area contributed by atoms with Gasteiger partial charge in [-0.15, -0.1) is 0 Å². The molecule has 4 aliphatic carbocycles. The van der Waals surface area contributed by atoms with Crippen molar-refractivity contribution in [3.8, 4) is 0 Å². The van der Waals surface area contributed by atoms with Crippen molar-refractivity contribution >= 4 is 11.8 Å². The third-order valence-corrected chi connectivity index (χ3v) is 10.4. The van der Waals surface area contributed by atoms with Crippen molar-refractivity contribution in [3.63, 3.8) is 0 Å². The zero-order valence-electron chi connectivity index (χ0n) is 21.2. The number of carbonyl (C=O) groups excluding carboxylic acids is 1. The predicted octanol–water partition coefficient (Wildman–Crippen LogP) is 5.32. The Labute approximate surface area is 185 Å². The molecular weight excluding hydrogens is 376 g/mol. The highest BCUT2D eigenvalue weighted by molar-refractivity contribution is 5.86. The lowest BCUT2D eigenvalue weighted by Crippen LogP contribution is -2.60. The Kier molecular flexibility index (Phi) is 5.21. The van der Waals surface area contributed by atoms with Crippen LogP contribution in [0.15, 0.2) is 0 Å². The van der Waals surface area contributed by atoms with Crippen molar-refractivity contribution in [3.05, 3.63) is 0 Å². The second-order valence-electron chi connectivity index (χ2n) is 11.6. The Morgan fingerprint density at radius 2 is 1.80 bits per heavy atom. The van der Waals surface area contributed by atoms with Crippen LogP contribution >= 0.6 is 0 Å². The summed E-state index contributed by atoms with van der Waals surface area (Å²) in [4.78, 5) is 25.2. The third kappa shape index (κ3) is 3.27. The van der Waals surface area contributed by atoms with Crippen LogP contribution in [0.25, 0.3) is 0 Å². The van der Waals surface area contributed by atoms with Gasteiger partial charge in [0.25, 0.3) is 0 Å². The molecule has 4 aliphatic rings. The summed E-state index contributed by atoms with van der Waals surface area (Å²) in [5, 5.41) is 19.6. The first-order chi connectivity index (χ1) is 14.8. The third-order valence-electron chi connectivity index (χ3n) is 10.4. The molecule has 0 amide bonds. The van der Waals surface area contributed by atoms with Gasteiger partial charge in [0.2, 0.25) is 0 Å². The van der Waals surface area contributed by atoms with Crippen LogP contribution in [-0.2, 0) is 9.59 Å². The van der Waals surface area contributed by atoms with E-state index in [2.05, 4.69) is 20.8 Å². The molecule has 4 fully saturated rings. The standard InChI is InChI=1S/C26H42O4/c1-5-17-21-14-16(27)10-12-26(21,4)20-11-13-25(3)18(15(2)6-9-22(28)29)7-8-19(25)23(20)24(17)30/h15-21,23,27H,5-14H2,1-4H3,(H,28,29)/t15-,16-,17-,18-,19+,20+,21+,23+,25-,26-/m1/s1/i5D2. The minimum Gasteiger partial charge on any atom is -0.481 e. The second kappa shape index (κ2) is 7.90.